The molecule has 110 valence electrons. The van der Waals surface area contributed by atoms with Crippen LogP contribution in [0.15, 0.2) is 24.3 Å². The summed E-state index contributed by atoms with van der Waals surface area (Å²) in [7, 11) is 1.71. The first-order valence-corrected chi connectivity index (χ1v) is 7.35. The van der Waals surface area contributed by atoms with E-state index in [2.05, 4.69) is 10.2 Å². The zero-order valence-corrected chi connectivity index (χ0v) is 12.5. The number of amides is 1. The third-order valence-corrected chi connectivity index (χ3v) is 3.90. The molecule has 1 aliphatic rings. The van der Waals surface area contributed by atoms with E-state index in [0.29, 0.717) is 23.2 Å². The van der Waals surface area contributed by atoms with Gasteiger partial charge in [0.25, 0.3) is 5.91 Å². The number of carbonyl (C=O) groups is 1. The molecule has 0 bridgehead atoms. The number of halogens is 1. The quantitative estimate of drug-likeness (QED) is 0.875. The molecule has 1 fully saturated rings. The van der Waals surface area contributed by atoms with Gasteiger partial charge in [-0.1, -0.05) is 17.7 Å². The van der Waals surface area contributed by atoms with Crippen molar-refractivity contribution in [2.75, 3.05) is 33.4 Å². The molecule has 1 heterocycles. The number of rotatable bonds is 6. The molecular weight excluding hydrogens is 276 g/mol. The van der Waals surface area contributed by atoms with Gasteiger partial charge in [0.2, 0.25) is 0 Å². The summed E-state index contributed by atoms with van der Waals surface area (Å²) in [5.74, 6) is -0.0638. The number of methoxy groups -OCH3 is 1. The average Bonchev–Trinajstić information content (AvgIpc) is 2.90. The highest BCUT2D eigenvalue weighted by atomic mass is 35.5. The van der Waals surface area contributed by atoms with Crippen LogP contribution in [0.2, 0.25) is 5.02 Å². The van der Waals surface area contributed by atoms with E-state index in [1.807, 2.05) is 0 Å². The van der Waals surface area contributed by atoms with Gasteiger partial charge < -0.3 is 10.1 Å². The molecule has 0 aliphatic carbocycles. The smallest absolute Gasteiger partial charge is 0.251 e. The number of likely N-dealkylation sites (tertiary alicyclic amines) is 1. The molecular formula is C15H21ClN2O2. The molecule has 4 nitrogen and oxygen atoms in total. The molecule has 1 aromatic carbocycles. The molecule has 20 heavy (non-hydrogen) atoms. The van der Waals surface area contributed by atoms with E-state index in [-0.39, 0.29) is 5.91 Å². The van der Waals surface area contributed by atoms with Crippen molar-refractivity contribution in [2.45, 2.75) is 18.9 Å². The summed E-state index contributed by atoms with van der Waals surface area (Å²) >= 11 is 5.89. The molecule has 1 aliphatic heterocycles. The third kappa shape index (κ3) is 4.20. The van der Waals surface area contributed by atoms with Gasteiger partial charge in [-0.2, -0.15) is 0 Å². The maximum Gasteiger partial charge on any atom is 0.251 e. The number of hydrogen-bond acceptors (Lipinski definition) is 3. The molecule has 1 saturated heterocycles. The molecule has 1 aromatic rings. The molecule has 1 unspecified atom stereocenters. The lowest BCUT2D eigenvalue weighted by molar-refractivity contribution is 0.0933. The molecule has 0 saturated carbocycles. The van der Waals surface area contributed by atoms with Crippen LogP contribution in [0.4, 0.5) is 0 Å². The van der Waals surface area contributed by atoms with Gasteiger partial charge in [0.15, 0.2) is 0 Å². The average molecular weight is 297 g/mol. The Bertz CT molecular complexity index is 453. The maximum absolute atomic E-state index is 12.1. The highest BCUT2D eigenvalue weighted by Gasteiger charge is 2.24. The minimum absolute atomic E-state index is 0.0638. The Balaban J connectivity index is 1.83. The summed E-state index contributed by atoms with van der Waals surface area (Å²) in [6, 6.07) is 7.43. The number of benzene rings is 1. The van der Waals surface area contributed by atoms with Gasteiger partial charge in [0.1, 0.15) is 0 Å². The Labute approximate surface area is 125 Å². The standard InChI is InChI=1S/C15H21ClN2O2/c1-20-9-8-18-7-3-6-14(18)11-17-15(19)12-4-2-5-13(16)10-12/h2,4-5,10,14H,3,6-9,11H2,1H3,(H,17,19). The van der Waals surface area contributed by atoms with Crippen molar-refractivity contribution in [3.63, 3.8) is 0 Å². The molecule has 5 heteroatoms. The Morgan fingerprint density at radius 1 is 1.55 bits per heavy atom. The van der Waals surface area contributed by atoms with E-state index in [4.69, 9.17) is 16.3 Å². The molecule has 1 N–H and O–H groups in total. The van der Waals surface area contributed by atoms with Crippen LogP contribution >= 0.6 is 11.6 Å². The monoisotopic (exact) mass is 296 g/mol. The van der Waals surface area contributed by atoms with Crippen LogP contribution in [-0.2, 0) is 4.74 Å². The Morgan fingerprint density at radius 3 is 3.15 bits per heavy atom. The Hall–Kier alpha value is -1.10. The normalized spacial score (nSPS) is 19.2. The minimum Gasteiger partial charge on any atom is -0.383 e. The van der Waals surface area contributed by atoms with E-state index >= 15 is 0 Å². The molecule has 1 atom stereocenters. The number of nitrogens with one attached hydrogen (secondary N) is 1. The first-order valence-electron chi connectivity index (χ1n) is 6.97. The Kier molecular flexibility index (Phi) is 5.83. The zero-order valence-electron chi connectivity index (χ0n) is 11.8. The van der Waals surface area contributed by atoms with Gasteiger partial charge >= 0.3 is 0 Å². The topological polar surface area (TPSA) is 41.6 Å². The summed E-state index contributed by atoms with van der Waals surface area (Å²) in [5.41, 5.74) is 0.610. The second-order valence-electron chi connectivity index (χ2n) is 5.05. The highest BCUT2D eigenvalue weighted by Crippen LogP contribution is 2.16. The lowest BCUT2D eigenvalue weighted by Crippen LogP contribution is -2.41. The fourth-order valence-electron chi connectivity index (χ4n) is 2.57. The van der Waals surface area contributed by atoms with Crippen LogP contribution in [-0.4, -0.2) is 50.2 Å². The lowest BCUT2D eigenvalue weighted by Gasteiger charge is -2.24. The van der Waals surface area contributed by atoms with Crippen LogP contribution in [0.5, 0.6) is 0 Å². The third-order valence-electron chi connectivity index (χ3n) is 3.67. The predicted octanol–water partition coefficient (Wildman–Crippen LogP) is 2.18. The van der Waals surface area contributed by atoms with Crippen LogP contribution in [0.3, 0.4) is 0 Å². The van der Waals surface area contributed by atoms with Crippen LogP contribution in [0, 0.1) is 0 Å². The van der Waals surface area contributed by atoms with Crippen molar-refractivity contribution in [3.05, 3.63) is 34.9 Å². The van der Waals surface area contributed by atoms with Crippen LogP contribution < -0.4 is 5.32 Å². The molecule has 0 radical (unpaired) electrons. The molecule has 2 rings (SSSR count). The highest BCUT2D eigenvalue weighted by molar-refractivity contribution is 6.30. The molecule has 0 aromatic heterocycles. The maximum atomic E-state index is 12.1. The number of nitrogens with zero attached hydrogens (tertiary/aromatic N) is 1. The van der Waals surface area contributed by atoms with E-state index < -0.39 is 0 Å². The van der Waals surface area contributed by atoms with Gasteiger partial charge in [-0.3, -0.25) is 9.69 Å². The molecule has 1 amide bonds. The number of hydrogen-bond donors (Lipinski definition) is 1. The van der Waals surface area contributed by atoms with Crippen LogP contribution in [0.25, 0.3) is 0 Å². The fraction of sp³-hybridized carbons (Fsp3) is 0.533. The number of ether oxygens (including phenoxy) is 1. The van der Waals surface area contributed by atoms with E-state index in [1.54, 1.807) is 31.4 Å². The van der Waals surface area contributed by atoms with Crippen molar-refractivity contribution in [1.82, 2.24) is 10.2 Å². The van der Waals surface area contributed by atoms with Crippen molar-refractivity contribution in [3.8, 4) is 0 Å². The second-order valence-corrected chi connectivity index (χ2v) is 5.48. The first kappa shape index (κ1) is 15.3. The van der Waals surface area contributed by atoms with Crippen molar-refractivity contribution in [1.29, 1.82) is 0 Å². The molecule has 0 spiro atoms. The second kappa shape index (κ2) is 7.62. The fourth-order valence-corrected chi connectivity index (χ4v) is 2.76. The van der Waals surface area contributed by atoms with Crippen molar-refractivity contribution < 1.29 is 9.53 Å². The summed E-state index contributed by atoms with van der Waals surface area (Å²) in [6.07, 6.45) is 2.31. The predicted molar refractivity (Wildman–Crippen MR) is 80.3 cm³/mol. The summed E-state index contributed by atoms with van der Waals surface area (Å²) in [4.78, 5) is 14.4. The Morgan fingerprint density at radius 2 is 2.40 bits per heavy atom. The van der Waals surface area contributed by atoms with Crippen LogP contribution in [0.1, 0.15) is 23.2 Å². The van der Waals surface area contributed by atoms with Gasteiger partial charge in [0.05, 0.1) is 6.61 Å². The summed E-state index contributed by atoms with van der Waals surface area (Å²) < 4.78 is 5.12. The minimum atomic E-state index is -0.0638. The van der Waals surface area contributed by atoms with E-state index in [9.17, 15) is 4.79 Å². The lowest BCUT2D eigenvalue weighted by atomic mass is 10.2. The SMILES string of the molecule is COCCN1CCCC1CNC(=O)c1cccc(Cl)c1. The van der Waals surface area contributed by atoms with Crippen molar-refractivity contribution in [2.24, 2.45) is 0 Å². The van der Waals surface area contributed by atoms with Crippen molar-refractivity contribution >= 4 is 17.5 Å². The van der Waals surface area contributed by atoms with E-state index in [0.717, 1.165) is 26.1 Å². The van der Waals surface area contributed by atoms with Gasteiger partial charge in [-0.15, -0.1) is 0 Å². The largest absolute Gasteiger partial charge is 0.383 e. The zero-order chi connectivity index (χ0) is 14.4. The van der Waals surface area contributed by atoms with Gasteiger partial charge in [0, 0.05) is 36.8 Å². The van der Waals surface area contributed by atoms with Gasteiger partial charge in [-0.05, 0) is 37.6 Å². The summed E-state index contributed by atoms with van der Waals surface area (Å²) in [6.45, 7) is 3.42. The number of carbonyl (C=O) groups excluding carboxylic acids is 1. The first-order chi connectivity index (χ1) is 9.70. The summed E-state index contributed by atoms with van der Waals surface area (Å²) in [5, 5.41) is 3.58. The van der Waals surface area contributed by atoms with E-state index in [1.165, 1.54) is 6.42 Å². The van der Waals surface area contributed by atoms with Gasteiger partial charge in [-0.25, -0.2) is 0 Å².